The molecule has 1 unspecified atom stereocenters. The van der Waals surface area contributed by atoms with Crippen LogP contribution < -0.4 is 5.32 Å². The molecule has 1 atom stereocenters. The van der Waals surface area contributed by atoms with Crippen LogP contribution in [0, 0.1) is 0 Å². The maximum atomic E-state index is 10.8. The molecule has 0 aliphatic carbocycles. The van der Waals surface area contributed by atoms with Crippen molar-refractivity contribution in [3.8, 4) is 0 Å². The van der Waals surface area contributed by atoms with E-state index in [1.54, 1.807) is 0 Å². The molecule has 0 aliphatic heterocycles. The highest BCUT2D eigenvalue weighted by atomic mass is 31.1. The zero-order valence-corrected chi connectivity index (χ0v) is 7.49. The minimum atomic E-state index is -1.45. The molecule has 0 amide bonds. The Morgan fingerprint density at radius 2 is 2.20 bits per heavy atom. The lowest BCUT2D eigenvalue weighted by Crippen LogP contribution is -2.11. The van der Waals surface area contributed by atoms with Gasteiger partial charge in [-0.25, -0.2) is 0 Å². The van der Waals surface area contributed by atoms with Gasteiger partial charge in [0.25, 0.3) is 0 Å². The van der Waals surface area contributed by atoms with Gasteiger partial charge in [0.2, 0.25) is 6.29 Å². The van der Waals surface area contributed by atoms with Gasteiger partial charge in [0.15, 0.2) is 0 Å². The Hall–Kier alpha value is 0.0200. The minimum absolute atomic E-state index is 0.478. The van der Waals surface area contributed by atoms with Crippen molar-refractivity contribution in [1.29, 1.82) is 0 Å². The quantitative estimate of drug-likeness (QED) is 0.607. The third-order valence-electron chi connectivity index (χ3n) is 0.930. The van der Waals surface area contributed by atoms with E-state index >= 15 is 0 Å². The number of hydrogen-bond donors (Lipinski definition) is 1. The maximum absolute atomic E-state index is 10.8. The van der Waals surface area contributed by atoms with Crippen molar-refractivity contribution >= 4 is 8.03 Å². The van der Waals surface area contributed by atoms with Gasteiger partial charge in [-0.1, -0.05) is 13.8 Å². The summed E-state index contributed by atoms with van der Waals surface area (Å²) in [5.74, 6) is 0. The highest BCUT2D eigenvalue weighted by Gasteiger charge is 2.13. The summed E-state index contributed by atoms with van der Waals surface area (Å²) in [6, 6.07) is 0. The molecule has 3 nitrogen and oxygen atoms in total. The Morgan fingerprint density at radius 1 is 1.50 bits per heavy atom. The van der Waals surface area contributed by atoms with E-state index in [1.165, 1.54) is 0 Å². The fourth-order valence-electron chi connectivity index (χ4n) is 0.442. The van der Waals surface area contributed by atoms with E-state index in [0.29, 0.717) is 12.9 Å². The molecule has 0 aromatic rings. The summed E-state index contributed by atoms with van der Waals surface area (Å²) in [5, 5.41) is 2.95. The second kappa shape index (κ2) is 7.13. The first kappa shape index (κ1) is 10.0. The van der Waals surface area contributed by atoms with Crippen LogP contribution in [0.15, 0.2) is 0 Å². The van der Waals surface area contributed by atoms with Crippen LogP contribution in [0.3, 0.4) is 0 Å². The molecule has 0 aromatic carbocycles. The van der Waals surface area contributed by atoms with Crippen molar-refractivity contribution in [2.24, 2.45) is 0 Å². The maximum Gasteiger partial charge on any atom is 0.523 e. The summed E-state index contributed by atoms with van der Waals surface area (Å²) in [6.07, 6.45) is 1.40. The predicted octanol–water partition coefficient (Wildman–Crippen LogP) is 1.72. The highest BCUT2D eigenvalue weighted by molar-refractivity contribution is 7.39. The van der Waals surface area contributed by atoms with Gasteiger partial charge in [0, 0.05) is 0 Å². The van der Waals surface area contributed by atoms with Crippen LogP contribution in [-0.4, -0.2) is 19.4 Å². The van der Waals surface area contributed by atoms with Crippen LogP contribution in [0.1, 0.15) is 20.3 Å². The van der Waals surface area contributed by atoms with E-state index < -0.39 is 8.03 Å². The average Bonchev–Trinajstić information content (AvgIpc) is 1.97. The number of rotatable bonds is 6. The van der Waals surface area contributed by atoms with Gasteiger partial charge in [-0.05, 0) is 17.5 Å². The molecule has 0 saturated carbocycles. The van der Waals surface area contributed by atoms with Crippen molar-refractivity contribution < 1.29 is 9.09 Å². The van der Waals surface area contributed by atoms with Gasteiger partial charge in [-0.3, -0.25) is 5.32 Å². The van der Waals surface area contributed by atoms with Crippen molar-refractivity contribution in [1.82, 2.24) is 5.32 Å². The van der Waals surface area contributed by atoms with Crippen molar-refractivity contribution in [2.45, 2.75) is 20.3 Å². The normalized spacial score (nSPS) is 11.6. The van der Waals surface area contributed by atoms with Gasteiger partial charge >= 0.3 is 8.03 Å². The lowest BCUT2D eigenvalue weighted by Gasteiger charge is -1.88. The average molecular weight is 164 g/mol. The Morgan fingerprint density at radius 3 is 2.70 bits per heavy atom. The van der Waals surface area contributed by atoms with E-state index in [4.69, 9.17) is 4.52 Å². The van der Waals surface area contributed by atoms with Crippen LogP contribution in [0.25, 0.3) is 0 Å². The van der Waals surface area contributed by atoms with Crippen LogP contribution in [0.4, 0.5) is 0 Å². The predicted molar refractivity (Wildman–Crippen MR) is 42.4 cm³/mol. The molecule has 0 radical (unpaired) electrons. The molecular formula is C6H15NO2P+. The molecule has 60 valence electrons. The molecule has 0 aliphatic rings. The van der Waals surface area contributed by atoms with E-state index in [9.17, 15) is 4.57 Å². The lowest BCUT2D eigenvalue weighted by molar-refractivity contribution is 0.327. The molecule has 0 bridgehead atoms. The Balaban J connectivity index is 3.09. The van der Waals surface area contributed by atoms with Crippen LogP contribution >= 0.6 is 8.03 Å². The first-order valence-electron chi connectivity index (χ1n) is 3.59. The Kier molecular flexibility index (Phi) is 7.15. The highest BCUT2D eigenvalue weighted by Crippen LogP contribution is 2.19. The summed E-state index contributed by atoms with van der Waals surface area (Å²) in [7, 11) is -1.45. The first-order chi connectivity index (χ1) is 4.81. The molecule has 4 heteroatoms. The molecule has 0 spiro atoms. The fourth-order valence-corrected chi connectivity index (χ4v) is 1.33. The second-order valence-corrected chi connectivity index (χ2v) is 3.17. The molecule has 0 heterocycles. The van der Waals surface area contributed by atoms with Crippen LogP contribution in [0.5, 0.6) is 0 Å². The molecule has 0 fully saturated rings. The summed E-state index contributed by atoms with van der Waals surface area (Å²) in [4.78, 5) is 0. The van der Waals surface area contributed by atoms with Gasteiger partial charge in [-0.2, -0.15) is 0 Å². The fraction of sp³-hybridized carbons (Fsp3) is 1.00. The lowest BCUT2D eigenvalue weighted by atomic mass is 10.5. The minimum Gasteiger partial charge on any atom is -0.274 e. The van der Waals surface area contributed by atoms with E-state index in [-0.39, 0.29) is 0 Å². The molecular weight excluding hydrogens is 149 g/mol. The molecule has 1 N–H and O–H groups in total. The van der Waals surface area contributed by atoms with Crippen LogP contribution in [0.2, 0.25) is 0 Å². The summed E-state index contributed by atoms with van der Waals surface area (Å²) >= 11 is 0. The third-order valence-corrected chi connectivity index (χ3v) is 1.88. The van der Waals surface area contributed by atoms with Crippen molar-refractivity contribution in [3.05, 3.63) is 0 Å². The Labute approximate surface area is 63.0 Å². The van der Waals surface area contributed by atoms with E-state index in [0.717, 1.165) is 13.0 Å². The van der Waals surface area contributed by atoms with Crippen LogP contribution in [-0.2, 0) is 9.09 Å². The topological polar surface area (TPSA) is 38.3 Å². The van der Waals surface area contributed by atoms with Gasteiger partial charge < -0.3 is 0 Å². The van der Waals surface area contributed by atoms with Gasteiger partial charge in [-0.15, -0.1) is 4.52 Å². The largest absolute Gasteiger partial charge is 0.523 e. The van der Waals surface area contributed by atoms with E-state index in [1.807, 2.05) is 13.8 Å². The molecule has 0 saturated heterocycles. The van der Waals surface area contributed by atoms with E-state index in [2.05, 4.69) is 5.32 Å². The monoisotopic (exact) mass is 164 g/mol. The zero-order chi connectivity index (χ0) is 7.82. The summed E-state index contributed by atoms with van der Waals surface area (Å²) < 4.78 is 15.8. The standard InChI is InChI=1S/C6H15NO2P/c1-3-5-9-10(8)6-7-4-2/h7H,3-6H2,1-2H3/q+1. The second-order valence-electron chi connectivity index (χ2n) is 1.93. The molecule has 0 aromatic heterocycles. The zero-order valence-electron chi connectivity index (χ0n) is 6.59. The summed E-state index contributed by atoms with van der Waals surface area (Å²) in [6.45, 7) is 5.41. The third kappa shape index (κ3) is 6.14. The smallest absolute Gasteiger partial charge is 0.274 e. The number of hydrogen-bond acceptors (Lipinski definition) is 3. The van der Waals surface area contributed by atoms with Gasteiger partial charge in [0.05, 0.1) is 0 Å². The van der Waals surface area contributed by atoms with Crippen molar-refractivity contribution in [3.63, 3.8) is 0 Å². The number of nitrogens with one attached hydrogen (secondary N) is 1. The Bertz CT molecular complexity index is 87.7. The molecule has 0 rings (SSSR count). The van der Waals surface area contributed by atoms with Gasteiger partial charge in [0.1, 0.15) is 6.61 Å². The first-order valence-corrected chi connectivity index (χ1v) is 4.95. The SMILES string of the molecule is CCCO[P+](=O)CNCC. The van der Waals surface area contributed by atoms with Crippen molar-refractivity contribution in [2.75, 3.05) is 19.4 Å². The molecule has 10 heavy (non-hydrogen) atoms. The summed E-state index contributed by atoms with van der Waals surface area (Å²) in [5.41, 5.74) is 0.